The SMILES string of the molecule is CC(C)Oc1ccc(CNC(=O)CCc2ccc(Cl)cc2)cc1. The fraction of sp³-hybridized carbons (Fsp3) is 0.316. The van der Waals surface area contributed by atoms with Crippen molar-refractivity contribution in [2.45, 2.75) is 39.3 Å². The van der Waals surface area contributed by atoms with Gasteiger partial charge in [-0.3, -0.25) is 4.79 Å². The number of hydrogen-bond acceptors (Lipinski definition) is 2. The summed E-state index contributed by atoms with van der Waals surface area (Å²) in [5.74, 6) is 0.889. The van der Waals surface area contributed by atoms with Gasteiger partial charge < -0.3 is 10.1 Å². The molecule has 2 aromatic rings. The predicted octanol–water partition coefficient (Wildman–Crippen LogP) is 4.38. The number of carbonyl (C=O) groups is 1. The Kier molecular flexibility index (Phi) is 6.48. The molecule has 0 aliphatic heterocycles. The lowest BCUT2D eigenvalue weighted by molar-refractivity contribution is -0.121. The number of aryl methyl sites for hydroxylation is 1. The van der Waals surface area contributed by atoms with Gasteiger partial charge in [-0.05, 0) is 55.7 Å². The lowest BCUT2D eigenvalue weighted by atomic mass is 10.1. The van der Waals surface area contributed by atoms with E-state index in [0.29, 0.717) is 24.4 Å². The molecule has 0 heterocycles. The molecule has 4 heteroatoms. The summed E-state index contributed by atoms with van der Waals surface area (Å²) in [7, 11) is 0. The van der Waals surface area contributed by atoms with Crippen LogP contribution in [0.25, 0.3) is 0 Å². The van der Waals surface area contributed by atoms with Gasteiger partial charge in [-0.25, -0.2) is 0 Å². The highest BCUT2D eigenvalue weighted by molar-refractivity contribution is 6.30. The number of carbonyl (C=O) groups excluding carboxylic acids is 1. The Hall–Kier alpha value is -2.00. The van der Waals surface area contributed by atoms with E-state index in [1.165, 1.54) is 0 Å². The second kappa shape index (κ2) is 8.59. The Morgan fingerprint density at radius 1 is 1.04 bits per heavy atom. The van der Waals surface area contributed by atoms with E-state index in [4.69, 9.17) is 16.3 Å². The van der Waals surface area contributed by atoms with Crippen molar-refractivity contribution in [1.82, 2.24) is 5.32 Å². The molecule has 0 aromatic heterocycles. The van der Waals surface area contributed by atoms with E-state index in [9.17, 15) is 4.79 Å². The van der Waals surface area contributed by atoms with Crippen molar-refractivity contribution < 1.29 is 9.53 Å². The standard InChI is InChI=1S/C19H22ClNO2/c1-14(2)23-18-10-5-16(6-11-18)13-21-19(22)12-7-15-3-8-17(20)9-4-15/h3-6,8-11,14H,7,12-13H2,1-2H3,(H,21,22). The quantitative estimate of drug-likeness (QED) is 0.817. The molecule has 1 amide bonds. The van der Waals surface area contributed by atoms with Crippen LogP contribution in [0.15, 0.2) is 48.5 Å². The normalized spacial score (nSPS) is 10.6. The smallest absolute Gasteiger partial charge is 0.220 e. The number of nitrogens with one attached hydrogen (secondary N) is 1. The first-order valence-corrected chi connectivity index (χ1v) is 8.17. The number of rotatable bonds is 7. The van der Waals surface area contributed by atoms with Crippen molar-refractivity contribution in [2.75, 3.05) is 0 Å². The van der Waals surface area contributed by atoms with Gasteiger partial charge in [-0.1, -0.05) is 35.9 Å². The summed E-state index contributed by atoms with van der Waals surface area (Å²) in [6, 6.07) is 15.4. The van der Waals surface area contributed by atoms with Crippen LogP contribution in [0.3, 0.4) is 0 Å². The van der Waals surface area contributed by atoms with E-state index in [1.54, 1.807) is 0 Å². The molecule has 0 spiro atoms. The van der Waals surface area contributed by atoms with Gasteiger partial charge in [0.25, 0.3) is 0 Å². The Labute approximate surface area is 142 Å². The van der Waals surface area contributed by atoms with E-state index in [2.05, 4.69) is 5.32 Å². The number of benzene rings is 2. The second-order valence-electron chi connectivity index (χ2n) is 5.71. The Morgan fingerprint density at radius 3 is 2.26 bits per heavy atom. The third-order valence-electron chi connectivity index (χ3n) is 3.34. The summed E-state index contributed by atoms with van der Waals surface area (Å²) in [6.07, 6.45) is 1.34. The predicted molar refractivity (Wildman–Crippen MR) is 93.8 cm³/mol. The molecule has 0 atom stereocenters. The molecule has 0 fully saturated rings. The molecular weight excluding hydrogens is 310 g/mol. The molecule has 122 valence electrons. The molecular formula is C19H22ClNO2. The van der Waals surface area contributed by atoms with Gasteiger partial charge >= 0.3 is 0 Å². The largest absolute Gasteiger partial charge is 0.491 e. The number of amides is 1. The van der Waals surface area contributed by atoms with E-state index >= 15 is 0 Å². The minimum absolute atomic E-state index is 0.0439. The lowest BCUT2D eigenvalue weighted by Crippen LogP contribution is -2.22. The maximum atomic E-state index is 11.9. The number of hydrogen-bond donors (Lipinski definition) is 1. The van der Waals surface area contributed by atoms with Gasteiger partial charge in [-0.15, -0.1) is 0 Å². The molecule has 23 heavy (non-hydrogen) atoms. The molecule has 0 saturated carbocycles. The summed E-state index contributed by atoms with van der Waals surface area (Å²) in [6.45, 7) is 4.52. The van der Waals surface area contributed by atoms with E-state index < -0.39 is 0 Å². The summed E-state index contributed by atoms with van der Waals surface area (Å²) in [5, 5.41) is 3.65. The first-order valence-electron chi connectivity index (χ1n) is 7.79. The molecule has 0 aliphatic rings. The first-order chi connectivity index (χ1) is 11.0. The molecule has 2 rings (SSSR count). The molecule has 3 nitrogen and oxygen atoms in total. The fourth-order valence-electron chi connectivity index (χ4n) is 2.16. The highest BCUT2D eigenvalue weighted by atomic mass is 35.5. The van der Waals surface area contributed by atoms with Crippen LogP contribution in [0.5, 0.6) is 5.75 Å². The number of halogens is 1. The van der Waals surface area contributed by atoms with E-state index in [1.807, 2.05) is 62.4 Å². The zero-order valence-corrected chi connectivity index (χ0v) is 14.3. The van der Waals surface area contributed by atoms with Crippen LogP contribution in [0.1, 0.15) is 31.4 Å². The van der Waals surface area contributed by atoms with E-state index in [0.717, 1.165) is 16.9 Å². The Bertz CT molecular complexity index is 621. The summed E-state index contributed by atoms with van der Waals surface area (Å²) in [5.41, 5.74) is 2.17. The van der Waals surface area contributed by atoms with Crippen molar-refractivity contribution in [3.63, 3.8) is 0 Å². The molecule has 0 aliphatic carbocycles. The maximum absolute atomic E-state index is 11.9. The first kappa shape index (κ1) is 17.4. The molecule has 2 aromatic carbocycles. The minimum Gasteiger partial charge on any atom is -0.491 e. The Balaban J connectivity index is 1.74. The molecule has 1 N–H and O–H groups in total. The van der Waals surface area contributed by atoms with E-state index in [-0.39, 0.29) is 12.0 Å². The zero-order valence-electron chi connectivity index (χ0n) is 13.5. The topological polar surface area (TPSA) is 38.3 Å². The van der Waals surface area contributed by atoms with Crippen molar-refractivity contribution in [2.24, 2.45) is 0 Å². The van der Waals surface area contributed by atoms with Crippen LogP contribution >= 0.6 is 11.6 Å². The van der Waals surface area contributed by atoms with Crippen LogP contribution in [0, 0.1) is 0 Å². The van der Waals surface area contributed by atoms with Crippen LogP contribution in [0.2, 0.25) is 5.02 Å². The second-order valence-corrected chi connectivity index (χ2v) is 6.15. The third-order valence-corrected chi connectivity index (χ3v) is 3.59. The summed E-state index contributed by atoms with van der Waals surface area (Å²) >= 11 is 5.84. The van der Waals surface area contributed by atoms with Gasteiger partial charge in [0.05, 0.1) is 6.10 Å². The van der Waals surface area contributed by atoms with Crippen LogP contribution in [-0.4, -0.2) is 12.0 Å². The van der Waals surface area contributed by atoms with Crippen molar-refractivity contribution in [3.05, 3.63) is 64.7 Å². The van der Waals surface area contributed by atoms with Gasteiger partial charge in [0.2, 0.25) is 5.91 Å². The van der Waals surface area contributed by atoms with Gasteiger partial charge in [0.1, 0.15) is 5.75 Å². The monoisotopic (exact) mass is 331 g/mol. The Morgan fingerprint density at radius 2 is 1.65 bits per heavy atom. The summed E-state index contributed by atoms with van der Waals surface area (Å²) < 4.78 is 5.59. The van der Waals surface area contributed by atoms with Crippen LogP contribution in [0.4, 0.5) is 0 Å². The van der Waals surface area contributed by atoms with Gasteiger partial charge in [0, 0.05) is 18.0 Å². The van der Waals surface area contributed by atoms with Gasteiger partial charge in [0.15, 0.2) is 0 Å². The highest BCUT2D eigenvalue weighted by Gasteiger charge is 2.03. The average molecular weight is 332 g/mol. The fourth-order valence-corrected chi connectivity index (χ4v) is 2.28. The van der Waals surface area contributed by atoms with Crippen molar-refractivity contribution in [3.8, 4) is 5.75 Å². The minimum atomic E-state index is 0.0439. The van der Waals surface area contributed by atoms with Crippen LogP contribution < -0.4 is 10.1 Å². The average Bonchev–Trinajstić information content (AvgIpc) is 2.53. The maximum Gasteiger partial charge on any atom is 0.220 e. The lowest BCUT2D eigenvalue weighted by Gasteiger charge is -2.10. The highest BCUT2D eigenvalue weighted by Crippen LogP contribution is 2.14. The molecule has 0 radical (unpaired) electrons. The van der Waals surface area contributed by atoms with Gasteiger partial charge in [-0.2, -0.15) is 0 Å². The zero-order chi connectivity index (χ0) is 16.7. The van der Waals surface area contributed by atoms with Crippen molar-refractivity contribution >= 4 is 17.5 Å². The number of ether oxygens (including phenoxy) is 1. The molecule has 0 bridgehead atoms. The van der Waals surface area contributed by atoms with Crippen molar-refractivity contribution in [1.29, 1.82) is 0 Å². The molecule has 0 saturated heterocycles. The third kappa shape index (κ3) is 6.33. The van der Waals surface area contributed by atoms with Crippen LogP contribution in [-0.2, 0) is 17.8 Å². The molecule has 0 unspecified atom stereocenters. The summed E-state index contributed by atoms with van der Waals surface area (Å²) in [4.78, 5) is 11.9.